The van der Waals surface area contributed by atoms with Gasteiger partial charge in [0.05, 0.1) is 0 Å². The number of carbonyl (C=O) groups is 1. The summed E-state index contributed by atoms with van der Waals surface area (Å²) in [6.07, 6.45) is 5.36. The molecule has 1 atom stereocenters. The van der Waals surface area contributed by atoms with Gasteiger partial charge in [0.2, 0.25) is 0 Å². The predicted octanol–water partition coefficient (Wildman–Crippen LogP) is 3.38. The summed E-state index contributed by atoms with van der Waals surface area (Å²) in [6.45, 7) is 2.25. The van der Waals surface area contributed by atoms with Crippen molar-refractivity contribution in [3.63, 3.8) is 0 Å². The molecule has 1 aliphatic carbocycles. The molecule has 0 aromatic heterocycles. The van der Waals surface area contributed by atoms with Gasteiger partial charge in [-0.1, -0.05) is 18.9 Å². The SMILES string of the molecule is CC(Nc1cccc(C(=O)N(C)C)c1)C1CCCC1. The Morgan fingerprint density at radius 3 is 2.63 bits per heavy atom. The molecular weight excluding hydrogens is 236 g/mol. The molecule has 1 fully saturated rings. The van der Waals surface area contributed by atoms with E-state index in [1.54, 1.807) is 19.0 Å². The van der Waals surface area contributed by atoms with Crippen molar-refractivity contribution in [1.29, 1.82) is 0 Å². The largest absolute Gasteiger partial charge is 0.382 e. The van der Waals surface area contributed by atoms with E-state index in [4.69, 9.17) is 0 Å². The lowest BCUT2D eigenvalue weighted by Gasteiger charge is -2.22. The van der Waals surface area contributed by atoms with Gasteiger partial charge in [-0.2, -0.15) is 0 Å². The molecule has 0 saturated heterocycles. The van der Waals surface area contributed by atoms with E-state index in [1.165, 1.54) is 25.7 Å². The van der Waals surface area contributed by atoms with Gasteiger partial charge in [0.1, 0.15) is 0 Å². The molecular formula is C16H24N2O. The molecule has 0 aliphatic heterocycles. The molecule has 1 unspecified atom stereocenters. The van der Waals surface area contributed by atoms with Crippen molar-refractivity contribution in [2.45, 2.75) is 38.6 Å². The Morgan fingerprint density at radius 2 is 2.00 bits per heavy atom. The van der Waals surface area contributed by atoms with Crippen LogP contribution in [-0.4, -0.2) is 30.9 Å². The Bertz CT molecular complexity index is 436. The number of anilines is 1. The smallest absolute Gasteiger partial charge is 0.253 e. The maximum Gasteiger partial charge on any atom is 0.253 e. The van der Waals surface area contributed by atoms with E-state index in [0.717, 1.165) is 17.2 Å². The van der Waals surface area contributed by atoms with E-state index in [1.807, 2.05) is 24.3 Å². The minimum absolute atomic E-state index is 0.0529. The van der Waals surface area contributed by atoms with Crippen LogP contribution in [0.15, 0.2) is 24.3 Å². The van der Waals surface area contributed by atoms with E-state index in [2.05, 4.69) is 12.2 Å². The zero-order valence-corrected chi connectivity index (χ0v) is 12.1. The summed E-state index contributed by atoms with van der Waals surface area (Å²) in [5, 5.41) is 3.55. The average Bonchev–Trinajstić information content (AvgIpc) is 2.92. The molecule has 1 aliphatic rings. The third-order valence-electron chi connectivity index (χ3n) is 4.02. The highest BCUT2D eigenvalue weighted by atomic mass is 16.2. The quantitative estimate of drug-likeness (QED) is 0.900. The summed E-state index contributed by atoms with van der Waals surface area (Å²) in [6, 6.07) is 8.28. The lowest BCUT2D eigenvalue weighted by molar-refractivity contribution is 0.0827. The molecule has 104 valence electrons. The second kappa shape index (κ2) is 6.09. The molecule has 0 bridgehead atoms. The molecule has 1 N–H and O–H groups in total. The maximum atomic E-state index is 11.9. The Balaban J connectivity index is 2.04. The van der Waals surface area contributed by atoms with Gasteiger partial charge in [-0.15, -0.1) is 0 Å². The maximum absolute atomic E-state index is 11.9. The fourth-order valence-electron chi connectivity index (χ4n) is 2.84. The number of hydrogen-bond donors (Lipinski definition) is 1. The molecule has 19 heavy (non-hydrogen) atoms. The second-order valence-electron chi connectivity index (χ2n) is 5.76. The highest BCUT2D eigenvalue weighted by molar-refractivity contribution is 5.94. The van der Waals surface area contributed by atoms with Crippen LogP contribution in [0.25, 0.3) is 0 Å². The molecule has 1 saturated carbocycles. The molecule has 0 radical (unpaired) electrons. The number of hydrogen-bond acceptors (Lipinski definition) is 2. The number of benzene rings is 1. The first-order chi connectivity index (χ1) is 9.08. The Morgan fingerprint density at radius 1 is 1.32 bits per heavy atom. The summed E-state index contributed by atoms with van der Waals surface area (Å²) in [5.74, 6) is 0.824. The Labute approximate surface area is 116 Å². The molecule has 3 nitrogen and oxygen atoms in total. The minimum Gasteiger partial charge on any atom is -0.382 e. The minimum atomic E-state index is 0.0529. The number of amides is 1. The van der Waals surface area contributed by atoms with Crippen molar-refractivity contribution < 1.29 is 4.79 Å². The van der Waals surface area contributed by atoms with Gasteiger partial charge in [-0.25, -0.2) is 0 Å². The van der Waals surface area contributed by atoms with Crippen molar-refractivity contribution in [1.82, 2.24) is 4.90 Å². The fourth-order valence-corrected chi connectivity index (χ4v) is 2.84. The normalized spacial score (nSPS) is 17.2. The average molecular weight is 260 g/mol. The van der Waals surface area contributed by atoms with Crippen LogP contribution in [0.2, 0.25) is 0 Å². The van der Waals surface area contributed by atoms with E-state index >= 15 is 0 Å². The standard InChI is InChI=1S/C16H24N2O/c1-12(13-7-4-5-8-13)17-15-10-6-9-14(11-15)16(19)18(2)3/h6,9-13,17H,4-5,7-8H2,1-3H3. The van der Waals surface area contributed by atoms with Crippen molar-refractivity contribution in [3.8, 4) is 0 Å². The Hall–Kier alpha value is -1.51. The van der Waals surface area contributed by atoms with Crippen molar-refractivity contribution >= 4 is 11.6 Å². The zero-order chi connectivity index (χ0) is 13.8. The number of nitrogens with zero attached hydrogens (tertiary/aromatic N) is 1. The lowest BCUT2D eigenvalue weighted by Crippen LogP contribution is -2.24. The second-order valence-corrected chi connectivity index (χ2v) is 5.76. The zero-order valence-electron chi connectivity index (χ0n) is 12.1. The number of carbonyl (C=O) groups excluding carboxylic acids is 1. The third kappa shape index (κ3) is 3.49. The van der Waals surface area contributed by atoms with Gasteiger partial charge in [-0.3, -0.25) is 4.79 Å². The molecule has 3 heteroatoms. The van der Waals surface area contributed by atoms with Gasteiger partial charge in [0.25, 0.3) is 5.91 Å². The van der Waals surface area contributed by atoms with E-state index in [-0.39, 0.29) is 5.91 Å². The molecule has 0 spiro atoms. The van der Waals surface area contributed by atoms with Crippen LogP contribution < -0.4 is 5.32 Å². The van der Waals surface area contributed by atoms with Crippen LogP contribution in [0.1, 0.15) is 43.0 Å². The van der Waals surface area contributed by atoms with E-state index in [0.29, 0.717) is 6.04 Å². The first-order valence-electron chi connectivity index (χ1n) is 7.16. The van der Waals surface area contributed by atoms with Crippen molar-refractivity contribution in [2.75, 3.05) is 19.4 Å². The van der Waals surface area contributed by atoms with Gasteiger partial charge in [0.15, 0.2) is 0 Å². The van der Waals surface area contributed by atoms with Crippen LogP contribution in [0.4, 0.5) is 5.69 Å². The predicted molar refractivity (Wildman–Crippen MR) is 79.5 cm³/mol. The highest BCUT2D eigenvalue weighted by Crippen LogP contribution is 2.29. The first kappa shape index (κ1) is 13.9. The molecule has 0 heterocycles. The number of nitrogens with one attached hydrogen (secondary N) is 1. The molecule has 1 aromatic carbocycles. The summed E-state index contributed by atoms with van der Waals surface area (Å²) in [7, 11) is 3.56. The van der Waals surface area contributed by atoms with Crippen LogP contribution >= 0.6 is 0 Å². The van der Waals surface area contributed by atoms with E-state index in [9.17, 15) is 4.79 Å². The Kier molecular flexibility index (Phi) is 4.46. The first-order valence-corrected chi connectivity index (χ1v) is 7.16. The van der Waals surface area contributed by atoms with Gasteiger partial charge < -0.3 is 10.2 Å². The van der Waals surface area contributed by atoms with Gasteiger partial charge in [0, 0.05) is 31.4 Å². The number of rotatable bonds is 4. The molecule has 1 aromatic rings. The van der Waals surface area contributed by atoms with Crippen LogP contribution in [0.5, 0.6) is 0 Å². The van der Waals surface area contributed by atoms with Crippen molar-refractivity contribution in [2.24, 2.45) is 5.92 Å². The van der Waals surface area contributed by atoms with Gasteiger partial charge >= 0.3 is 0 Å². The lowest BCUT2D eigenvalue weighted by atomic mass is 9.99. The summed E-state index contributed by atoms with van der Waals surface area (Å²) in [4.78, 5) is 13.5. The summed E-state index contributed by atoms with van der Waals surface area (Å²) >= 11 is 0. The third-order valence-corrected chi connectivity index (χ3v) is 4.02. The van der Waals surface area contributed by atoms with E-state index < -0.39 is 0 Å². The van der Waals surface area contributed by atoms with Crippen LogP contribution in [-0.2, 0) is 0 Å². The summed E-state index contributed by atoms with van der Waals surface area (Å²) in [5.41, 5.74) is 1.79. The summed E-state index contributed by atoms with van der Waals surface area (Å²) < 4.78 is 0. The highest BCUT2D eigenvalue weighted by Gasteiger charge is 2.21. The van der Waals surface area contributed by atoms with Crippen molar-refractivity contribution in [3.05, 3.63) is 29.8 Å². The molecule has 2 rings (SSSR count). The van der Waals surface area contributed by atoms with Crippen LogP contribution in [0, 0.1) is 5.92 Å². The topological polar surface area (TPSA) is 32.3 Å². The fraction of sp³-hybridized carbons (Fsp3) is 0.562. The monoisotopic (exact) mass is 260 g/mol. The molecule has 1 amide bonds. The van der Waals surface area contributed by atoms with Gasteiger partial charge in [-0.05, 0) is 43.9 Å². The van der Waals surface area contributed by atoms with Crippen LogP contribution in [0.3, 0.4) is 0 Å².